The van der Waals surface area contributed by atoms with Crippen molar-refractivity contribution >= 4 is 11.8 Å². The number of likely N-dealkylation sites (tertiary alicyclic amines) is 2. The fraction of sp³-hybridized carbons (Fsp3) is 0.370. The molecule has 2 fully saturated rings. The van der Waals surface area contributed by atoms with Crippen LogP contribution in [0.5, 0.6) is 0 Å². The highest BCUT2D eigenvalue weighted by Crippen LogP contribution is 2.34. The number of aromatic nitrogens is 2. The summed E-state index contributed by atoms with van der Waals surface area (Å²) in [5, 5.41) is 7.55. The quantitative estimate of drug-likeness (QED) is 0.647. The third-order valence-electron chi connectivity index (χ3n) is 7.10. The average Bonchev–Trinajstić information content (AvgIpc) is 3.47. The highest BCUT2D eigenvalue weighted by molar-refractivity contribution is 5.87. The van der Waals surface area contributed by atoms with E-state index in [0.29, 0.717) is 19.5 Å². The van der Waals surface area contributed by atoms with Crippen LogP contribution >= 0.6 is 0 Å². The van der Waals surface area contributed by atoms with Crippen LogP contribution in [-0.4, -0.2) is 58.0 Å². The molecule has 2 aliphatic rings. The minimum absolute atomic E-state index is 0.0405. The number of H-pyrrole nitrogens is 1. The number of amides is 2. The number of aromatic amines is 1. The van der Waals surface area contributed by atoms with Gasteiger partial charge in [-0.05, 0) is 36.5 Å². The van der Waals surface area contributed by atoms with Gasteiger partial charge in [0.2, 0.25) is 11.8 Å². The van der Waals surface area contributed by atoms with E-state index in [2.05, 4.69) is 41.4 Å². The van der Waals surface area contributed by atoms with Crippen LogP contribution in [0.15, 0.2) is 60.8 Å². The second-order valence-corrected chi connectivity index (χ2v) is 9.28. The zero-order valence-corrected chi connectivity index (χ0v) is 19.0. The zero-order valence-electron chi connectivity index (χ0n) is 19.0. The Kier molecular flexibility index (Phi) is 5.99. The van der Waals surface area contributed by atoms with Crippen LogP contribution < -0.4 is 0 Å². The van der Waals surface area contributed by atoms with Gasteiger partial charge >= 0.3 is 0 Å². The molecule has 3 aromatic rings. The summed E-state index contributed by atoms with van der Waals surface area (Å²) in [4.78, 5) is 29.4. The predicted molar refractivity (Wildman–Crippen MR) is 128 cm³/mol. The van der Waals surface area contributed by atoms with Gasteiger partial charge < -0.3 is 9.80 Å². The van der Waals surface area contributed by atoms with Crippen LogP contribution in [-0.2, 0) is 9.59 Å². The summed E-state index contributed by atoms with van der Waals surface area (Å²) in [5.74, 6) is 0.494. The van der Waals surface area contributed by atoms with Crippen molar-refractivity contribution in [1.82, 2.24) is 20.0 Å². The summed E-state index contributed by atoms with van der Waals surface area (Å²) in [7, 11) is 0. The minimum atomic E-state index is 0.0405. The van der Waals surface area contributed by atoms with Gasteiger partial charge in [-0.2, -0.15) is 5.10 Å². The maximum atomic E-state index is 13.2. The number of nitrogens with one attached hydrogen (secondary N) is 1. The van der Waals surface area contributed by atoms with Gasteiger partial charge in [0.25, 0.3) is 0 Å². The third-order valence-corrected chi connectivity index (χ3v) is 7.10. The molecule has 2 amide bonds. The van der Waals surface area contributed by atoms with E-state index in [1.165, 1.54) is 16.7 Å². The summed E-state index contributed by atoms with van der Waals surface area (Å²) in [5.41, 5.74) is 5.78. The van der Waals surface area contributed by atoms with Crippen LogP contribution in [0.25, 0.3) is 11.1 Å². The van der Waals surface area contributed by atoms with Crippen molar-refractivity contribution in [2.75, 3.05) is 26.2 Å². The van der Waals surface area contributed by atoms with Crippen molar-refractivity contribution in [3.63, 3.8) is 0 Å². The summed E-state index contributed by atoms with van der Waals surface area (Å²) in [6.45, 7) is 4.29. The van der Waals surface area contributed by atoms with E-state index < -0.39 is 0 Å². The van der Waals surface area contributed by atoms with Gasteiger partial charge in [-0.25, -0.2) is 0 Å². The molecular formula is C27H30N4O2. The number of aryl methyl sites for hydroxylation is 1. The van der Waals surface area contributed by atoms with Crippen LogP contribution in [0.3, 0.4) is 0 Å². The lowest BCUT2D eigenvalue weighted by atomic mass is 9.89. The normalized spacial score (nSPS) is 20.9. The van der Waals surface area contributed by atoms with Gasteiger partial charge in [-0.3, -0.25) is 14.7 Å². The van der Waals surface area contributed by atoms with E-state index in [1.54, 1.807) is 4.90 Å². The van der Waals surface area contributed by atoms with E-state index in [1.807, 2.05) is 41.4 Å². The molecule has 170 valence electrons. The lowest BCUT2D eigenvalue weighted by Crippen LogP contribution is -2.45. The molecule has 0 radical (unpaired) electrons. The first-order valence-corrected chi connectivity index (χ1v) is 11.8. The minimum Gasteiger partial charge on any atom is -0.340 e. The van der Waals surface area contributed by atoms with E-state index in [9.17, 15) is 9.59 Å². The number of carbonyl (C=O) groups is 2. The largest absolute Gasteiger partial charge is 0.340 e. The maximum Gasteiger partial charge on any atom is 0.242 e. The van der Waals surface area contributed by atoms with Gasteiger partial charge in [0.05, 0.1) is 12.7 Å². The zero-order chi connectivity index (χ0) is 22.8. The number of nitrogens with zero attached hydrogens (tertiary/aromatic N) is 3. The molecule has 0 spiro atoms. The molecule has 6 heteroatoms. The predicted octanol–water partition coefficient (Wildman–Crippen LogP) is 4.11. The molecule has 2 atom stereocenters. The average molecular weight is 443 g/mol. The Balaban J connectivity index is 1.26. The van der Waals surface area contributed by atoms with Crippen molar-refractivity contribution < 1.29 is 9.59 Å². The Morgan fingerprint density at radius 3 is 2.64 bits per heavy atom. The van der Waals surface area contributed by atoms with E-state index in [-0.39, 0.29) is 30.2 Å². The number of benzene rings is 2. The van der Waals surface area contributed by atoms with E-state index in [0.717, 1.165) is 30.6 Å². The van der Waals surface area contributed by atoms with E-state index in [4.69, 9.17) is 0 Å². The fourth-order valence-electron chi connectivity index (χ4n) is 5.27. The Bertz CT molecular complexity index is 1140. The Labute approximate surface area is 194 Å². The number of hydrogen-bond acceptors (Lipinski definition) is 3. The summed E-state index contributed by atoms with van der Waals surface area (Å²) in [6.07, 6.45) is 4.34. The van der Waals surface area contributed by atoms with Gasteiger partial charge in [0, 0.05) is 49.1 Å². The topological polar surface area (TPSA) is 69.3 Å². The molecule has 2 saturated heterocycles. The van der Waals surface area contributed by atoms with E-state index >= 15 is 0 Å². The summed E-state index contributed by atoms with van der Waals surface area (Å²) >= 11 is 0. The number of rotatable bonds is 5. The molecule has 0 bridgehead atoms. The Hall–Kier alpha value is -3.41. The highest BCUT2D eigenvalue weighted by Gasteiger charge is 2.34. The first-order chi connectivity index (χ1) is 16.1. The maximum absolute atomic E-state index is 13.2. The summed E-state index contributed by atoms with van der Waals surface area (Å²) < 4.78 is 0. The van der Waals surface area contributed by atoms with Crippen LogP contribution in [0.1, 0.15) is 47.9 Å². The molecule has 3 heterocycles. The molecule has 6 nitrogen and oxygen atoms in total. The molecule has 2 unspecified atom stereocenters. The van der Waals surface area contributed by atoms with Crippen LogP contribution in [0.2, 0.25) is 0 Å². The van der Waals surface area contributed by atoms with Crippen molar-refractivity contribution in [3.05, 3.63) is 77.6 Å². The molecule has 0 aliphatic carbocycles. The van der Waals surface area contributed by atoms with Crippen molar-refractivity contribution in [1.29, 1.82) is 0 Å². The highest BCUT2D eigenvalue weighted by atomic mass is 16.2. The van der Waals surface area contributed by atoms with Crippen LogP contribution in [0.4, 0.5) is 0 Å². The molecule has 2 aliphatic heterocycles. The first kappa shape index (κ1) is 21.4. The van der Waals surface area contributed by atoms with Crippen molar-refractivity contribution in [3.8, 4) is 11.1 Å². The number of carbonyl (C=O) groups excluding carboxylic acids is 2. The van der Waals surface area contributed by atoms with Gasteiger partial charge in [0.15, 0.2) is 0 Å². The smallest absolute Gasteiger partial charge is 0.242 e. The molecular weight excluding hydrogens is 412 g/mol. The molecule has 5 rings (SSSR count). The SMILES string of the molecule is Cc1ccccc1-c1cn[nH]c1C1CCCN(C(=O)CN2CC(c3ccccc3)CC2=O)C1. The Morgan fingerprint density at radius 2 is 1.82 bits per heavy atom. The lowest BCUT2D eigenvalue weighted by molar-refractivity contribution is -0.139. The van der Waals surface area contributed by atoms with Gasteiger partial charge in [0.1, 0.15) is 0 Å². The molecule has 0 saturated carbocycles. The molecule has 2 aromatic carbocycles. The number of piperidine rings is 1. The standard InChI is InChI=1S/C27H30N4O2/c1-19-8-5-6-12-23(19)24-15-28-29-27(24)21-11-7-13-30(16-21)26(33)18-31-17-22(14-25(31)32)20-9-3-2-4-10-20/h2-6,8-10,12,15,21-22H,7,11,13-14,16-18H2,1H3,(H,28,29). The molecule has 1 aromatic heterocycles. The van der Waals surface area contributed by atoms with Crippen molar-refractivity contribution in [2.45, 2.75) is 38.0 Å². The lowest BCUT2D eigenvalue weighted by Gasteiger charge is -2.34. The van der Waals surface area contributed by atoms with Crippen molar-refractivity contribution in [2.24, 2.45) is 0 Å². The first-order valence-electron chi connectivity index (χ1n) is 11.8. The summed E-state index contributed by atoms with van der Waals surface area (Å²) in [6, 6.07) is 18.4. The fourth-order valence-corrected chi connectivity index (χ4v) is 5.27. The molecule has 1 N–H and O–H groups in total. The van der Waals surface area contributed by atoms with Gasteiger partial charge in [-0.1, -0.05) is 54.6 Å². The third kappa shape index (κ3) is 4.42. The Morgan fingerprint density at radius 1 is 1.03 bits per heavy atom. The second-order valence-electron chi connectivity index (χ2n) is 9.28. The molecule has 33 heavy (non-hydrogen) atoms. The van der Waals surface area contributed by atoms with Crippen LogP contribution in [0, 0.1) is 6.92 Å². The number of hydrogen-bond donors (Lipinski definition) is 1. The second kappa shape index (κ2) is 9.22. The monoisotopic (exact) mass is 442 g/mol. The van der Waals surface area contributed by atoms with Gasteiger partial charge in [-0.15, -0.1) is 0 Å².